The van der Waals surface area contributed by atoms with Crippen molar-refractivity contribution in [1.82, 2.24) is 4.57 Å². The summed E-state index contributed by atoms with van der Waals surface area (Å²) in [6.07, 6.45) is 0. The monoisotopic (exact) mass is 649 g/mol. The highest BCUT2D eigenvalue weighted by Crippen LogP contribution is 2.63. The molecular formula is C49H31NO. The first-order valence-electron chi connectivity index (χ1n) is 17.6. The van der Waals surface area contributed by atoms with Crippen molar-refractivity contribution in [2.75, 3.05) is 0 Å². The van der Waals surface area contributed by atoms with Crippen molar-refractivity contribution in [2.24, 2.45) is 0 Å². The second kappa shape index (κ2) is 10.7. The van der Waals surface area contributed by atoms with E-state index < -0.39 is 5.41 Å². The summed E-state index contributed by atoms with van der Waals surface area (Å²) in [7, 11) is 0. The predicted octanol–water partition coefficient (Wildman–Crippen LogP) is 12.6. The number of rotatable bonds is 3. The molecule has 51 heavy (non-hydrogen) atoms. The third kappa shape index (κ3) is 3.87. The molecule has 0 amide bonds. The highest BCUT2D eigenvalue weighted by atomic mass is 16.5. The highest BCUT2D eigenvalue weighted by Gasteiger charge is 2.51. The van der Waals surface area contributed by atoms with E-state index in [1.807, 2.05) is 0 Å². The molecule has 0 saturated carbocycles. The van der Waals surface area contributed by atoms with Gasteiger partial charge in [-0.05, 0) is 80.9 Å². The van der Waals surface area contributed by atoms with Crippen LogP contribution in [0.3, 0.4) is 0 Å². The van der Waals surface area contributed by atoms with Crippen LogP contribution in [0.1, 0.15) is 22.3 Å². The smallest absolute Gasteiger partial charge is 0.142 e. The van der Waals surface area contributed by atoms with E-state index in [0.29, 0.717) is 0 Å². The summed E-state index contributed by atoms with van der Waals surface area (Å²) in [6, 6.07) is 68.3. The SMILES string of the molecule is c1ccc(-c2cc(-c3ccccc3)cc(-n3c4ccccc4c4c5c(ccc43)C3(c4ccccc4O5)c4ccccc4-c4ccccc43)c2)cc1. The molecule has 0 fully saturated rings. The van der Waals surface area contributed by atoms with Gasteiger partial charge in [0.25, 0.3) is 0 Å². The largest absolute Gasteiger partial charge is 0.456 e. The Labute approximate surface area is 296 Å². The van der Waals surface area contributed by atoms with Crippen LogP contribution in [0.25, 0.3) is 60.9 Å². The minimum absolute atomic E-state index is 0.511. The normalized spacial score (nSPS) is 13.4. The van der Waals surface area contributed by atoms with E-state index in [1.165, 1.54) is 61.0 Å². The number of aromatic nitrogens is 1. The van der Waals surface area contributed by atoms with Crippen molar-refractivity contribution in [3.8, 4) is 50.6 Å². The fourth-order valence-electron chi connectivity index (χ4n) is 8.98. The number of para-hydroxylation sites is 2. The van der Waals surface area contributed by atoms with Crippen LogP contribution in [0.2, 0.25) is 0 Å². The fraction of sp³-hybridized carbons (Fsp3) is 0.0204. The van der Waals surface area contributed by atoms with Gasteiger partial charge in [0.05, 0.1) is 21.8 Å². The summed E-state index contributed by atoms with van der Waals surface area (Å²) < 4.78 is 9.57. The molecule has 9 aromatic rings. The number of nitrogens with zero attached hydrogens (tertiary/aromatic N) is 1. The maximum absolute atomic E-state index is 7.14. The molecule has 2 aliphatic rings. The lowest BCUT2D eigenvalue weighted by molar-refractivity contribution is 0.442. The van der Waals surface area contributed by atoms with Gasteiger partial charge in [0.1, 0.15) is 11.5 Å². The molecule has 0 radical (unpaired) electrons. The molecule has 1 aliphatic carbocycles. The molecule has 0 atom stereocenters. The Morgan fingerprint density at radius 3 is 1.61 bits per heavy atom. The molecule has 2 heteroatoms. The molecule has 1 aliphatic heterocycles. The van der Waals surface area contributed by atoms with Gasteiger partial charge in [0, 0.05) is 22.2 Å². The molecule has 2 nitrogen and oxygen atoms in total. The van der Waals surface area contributed by atoms with E-state index in [2.05, 4.69) is 193 Å². The highest BCUT2D eigenvalue weighted by molar-refractivity contribution is 6.14. The average molecular weight is 650 g/mol. The molecule has 1 aromatic heterocycles. The van der Waals surface area contributed by atoms with Crippen LogP contribution in [0.15, 0.2) is 188 Å². The van der Waals surface area contributed by atoms with Gasteiger partial charge in [0.2, 0.25) is 0 Å². The predicted molar refractivity (Wildman–Crippen MR) is 209 cm³/mol. The molecule has 1 spiro atoms. The number of ether oxygens (including phenoxy) is 1. The number of benzene rings is 8. The maximum atomic E-state index is 7.14. The van der Waals surface area contributed by atoms with Gasteiger partial charge in [-0.1, -0.05) is 152 Å². The molecule has 8 aromatic carbocycles. The molecule has 0 unspecified atom stereocenters. The van der Waals surface area contributed by atoms with Crippen LogP contribution < -0.4 is 4.74 Å². The van der Waals surface area contributed by atoms with Gasteiger partial charge >= 0.3 is 0 Å². The Bertz CT molecular complexity index is 2720. The quantitative estimate of drug-likeness (QED) is 0.186. The van der Waals surface area contributed by atoms with Gasteiger partial charge in [-0.3, -0.25) is 0 Å². The summed E-state index contributed by atoms with van der Waals surface area (Å²) in [5.74, 6) is 1.83. The lowest BCUT2D eigenvalue weighted by atomic mass is 9.66. The summed E-state index contributed by atoms with van der Waals surface area (Å²) in [6.45, 7) is 0. The van der Waals surface area contributed by atoms with Crippen LogP contribution in [0, 0.1) is 0 Å². The number of hydrogen-bond donors (Lipinski definition) is 0. The van der Waals surface area contributed by atoms with Gasteiger partial charge in [-0.25, -0.2) is 0 Å². The maximum Gasteiger partial charge on any atom is 0.142 e. The van der Waals surface area contributed by atoms with E-state index in [-0.39, 0.29) is 0 Å². The third-order valence-electron chi connectivity index (χ3n) is 11.0. The Morgan fingerprint density at radius 1 is 0.392 bits per heavy atom. The number of fused-ring (bicyclic) bond motifs is 13. The topological polar surface area (TPSA) is 14.2 Å². The minimum Gasteiger partial charge on any atom is -0.456 e. The average Bonchev–Trinajstić information content (AvgIpc) is 3.70. The third-order valence-corrected chi connectivity index (χ3v) is 11.0. The molecule has 2 heterocycles. The summed E-state index contributed by atoms with van der Waals surface area (Å²) >= 11 is 0. The van der Waals surface area contributed by atoms with Crippen LogP contribution >= 0.6 is 0 Å². The molecule has 11 rings (SSSR count). The van der Waals surface area contributed by atoms with Crippen LogP contribution in [-0.4, -0.2) is 4.57 Å². The van der Waals surface area contributed by atoms with Gasteiger partial charge in [0.15, 0.2) is 0 Å². The Kier molecular flexibility index (Phi) is 5.91. The zero-order valence-electron chi connectivity index (χ0n) is 27.8. The van der Waals surface area contributed by atoms with Crippen molar-refractivity contribution in [3.05, 3.63) is 210 Å². The molecule has 238 valence electrons. The standard InChI is InChI=1S/C49H31NO/c1-3-15-32(16-4-1)34-29-35(33-17-5-2-6-18-33)31-36(30-34)50-44-25-13-9-21-39(44)47-45(50)28-27-43-48(47)51-46-26-14-12-24-42(46)49(43)40-22-10-7-19-37(40)38-20-8-11-23-41(38)49/h1-31H. The van der Waals surface area contributed by atoms with E-state index in [0.717, 1.165) is 33.6 Å². The lowest BCUT2D eigenvalue weighted by Gasteiger charge is -2.39. The Morgan fingerprint density at radius 2 is 0.941 bits per heavy atom. The molecule has 0 N–H and O–H groups in total. The first-order chi connectivity index (χ1) is 25.3. The van der Waals surface area contributed by atoms with E-state index in [1.54, 1.807) is 0 Å². The van der Waals surface area contributed by atoms with Crippen molar-refractivity contribution < 1.29 is 4.74 Å². The van der Waals surface area contributed by atoms with E-state index in [4.69, 9.17) is 4.74 Å². The Balaban J connectivity index is 1.25. The van der Waals surface area contributed by atoms with Crippen LogP contribution in [0.4, 0.5) is 0 Å². The molecule has 0 bridgehead atoms. The molecular weight excluding hydrogens is 619 g/mol. The van der Waals surface area contributed by atoms with E-state index in [9.17, 15) is 0 Å². The van der Waals surface area contributed by atoms with Gasteiger partial charge in [-0.2, -0.15) is 0 Å². The van der Waals surface area contributed by atoms with Gasteiger partial charge in [-0.15, -0.1) is 0 Å². The minimum atomic E-state index is -0.511. The van der Waals surface area contributed by atoms with Gasteiger partial charge < -0.3 is 9.30 Å². The fourth-order valence-corrected chi connectivity index (χ4v) is 8.98. The first-order valence-corrected chi connectivity index (χ1v) is 17.6. The number of hydrogen-bond acceptors (Lipinski definition) is 1. The zero-order valence-corrected chi connectivity index (χ0v) is 27.8. The van der Waals surface area contributed by atoms with Crippen LogP contribution in [0.5, 0.6) is 11.5 Å². The lowest BCUT2D eigenvalue weighted by Crippen LogP contribution is -2.32. The van der Waals surface area contributed by atoms with E-state index >= 15 is 0 Å². The second-order valence-corrected chi connectivity index (χ2v) is 13.6. The summed E-state index contributed by atoms with van der Waals surface area (Å²) in [4.78, 5) is 0. The van der Waals surface area contributed by atoms with Crippen molar-refractivity contribution in [3.63, 3.8) is 0 Å². The molecule has 0 saturated heterocycles. The van der Waals surface area contributed by atoms with Crippen molar-refractivity contribution >= 4 is 21.8 Å². The summed E-state index contributed by atoms with van der Waals surface area (Å²) in [5, 5.41) is 2.30. The first kappa shape index (κ1) is 28.2. The zero-order chi connectivity index (χ0) is 33.5. The van der Waals surface area contributed by atoms with Crippen LogP contribution in [-0.2, 0) is 5.41 Å². The summed E-state index contributed by atoms with van der Waals surface area (Å²) in [5.41, 5.74) is 15.1. The van der Waals surface area contributed by atoms with Crippen molar-refractivity contribution in [2.45, 2.75) is 5.41 Å². The second-order valence-electron chi connectivity index (χ2n) is 13.6. The van der Waals surface area contributed by atoms with Crippen molar-refractivity contribution in [1.29, 1.82) is 0 Å². The Hall–Kier alpha value is -6.64.